The van der Waals surface area contributed by atoms with Crippen LogP contribution in [-0.2, 0) is 19.6 Å². The van der Waals surface area contributed by atoms with Gasteiger partial charge >= 0.3 is 0 Å². The molecule has 0 atom stereocenters. The molecule has 0 bridgehead atoms. The van der Waals surface area contributed by atoms with Crippen molar-refractivity contribution in [3.8, 4) is 5.75 Å². The van der Waals surface area contributed by atoms with Crippen LogP contribution in [0.25, 0.3) is 0 Å². The predicted octanol–water partition coefficient (Wildman–Crippen LogP) is 6.98. The Balaban J connectivity index is 0.00000280. The second kappa shape index (κ2) is 11.5. The van der Waals surface area contributed by atoms with Gasteiger partial charge in [-0.25, -0.2) is 0 Å². The second-order valence-corrected chi connectivity index (χ2v) is 7.44. The summed E-state index contributed by atoms with van der Waals surface area (Å²) in [6.45, 7) is 2.03. The summed E-state index contributed by atoms with van der Waals surface area (Å²) in [7, 11) is 0. The summed E-state index contributed by atoms with van der Waals surface area (Å²) in [5, 5.41) is 5.52. The molecule has 0 fully saturated rings. The molecule has 6 heteroatoms. The van der Waals surface area contributed by atoms with Crippen molar-refractivity contribution in [3.63, 3.8) is 0 Å². The van der Waals surface area contributed by atoms with Crippen LogP contribution in [0, 0.1) is 0 Å². The SMILES string of the molecule is Cl.Clc1ccc(CCNCc2cccc(OCc3ccccc3Cl)c2)c(Cl)c1. The molecule has 0 spiro atoms. The lowest BCUT2D eigenvalue weighted by atomic mass is 10.1. The fraction of sp³-hybridized carbons (Fsp3) is 0.182. The van der Waals surface area contributed by atoms with Gasteiger partial charge in [-0.2, -0.15) is 0 Å². The maximum atomic E-state index is 6.20. The first kappa shape index (κ1) is 22.9. The van der Waals surface area contributed by atoms with Crippen LogP contribution in [-0.4, -0.2) is 6.54 Å². The molecule has 3 aromatic carbocycles. The molecule has 2 nitrogen and oxygen atoms in total. The van der Waals surface area contributed by atoms with E-state index >= 15 is 0 Å². The van der Waals surface area contributed by atoms with E-state index in [1.165, 1.54) is 0 Å². The molecule has 148 valence electrons. The Morgan fingerprint density at radius 2 is 1.61 bits per heavy atom. The lowest BCUT2D eigenvalue weighted by Gasteiger charge is -2.10. The van der Waals surface area contributed by atoms with Crippen molar-refractivity contribution in [3.05, 3.63) is 98.5 Å². The van der Waals surface area contributed by atoms with Crippen LogP contribution < -0.4 is 10.1 Å². The van der Waals surface area contributed by atoms with Crippen LogP contribution in [0.1, 0.15) is 16.7 Å². The van der Waals surface area contributed by atoms with Crippen molar-refractivity contribution in [2.75, 3.05) is 6.54 Å². The van der Waals surface area contributed by atoms with Crippen LogP contribution in [0.3, 0.4) is 0 Å². The molecule has 3 aromatic rings. The fourth-order valence-electron chi connectivity index (χ4n) is 2.70. The van der Waals surface area contributed by atoms with Crippen LogP contribution in [0.15, 0.2) is 66.7 Å². The molecule has 0 heterocycles. The monoisotopic (exact) mass is 455 g/mol. The maximum Gasteiger partial charge on any atom is 0.120 e. The van der Waals surface area contributed by atoms with Gasteiger partial charge in [-0.1, -0.05) is 71.2 Å². The molecule has 0 aliphatic rings. The van der Waals surface area contributed by atoms with Gasteiger partial charge in [0.05, 0.1) is 0 Å². The van der Waals surface area contributed by atoms with Gasteiger partial charge in [-0.3, -0.25) is 0 Å². The van der Waals surface area contributed by atoms with Gasteiger partial charge in [0.25, 0.3) is 0 Å². The van der Waals surface area contributed by atoms with Crippen LogP contribution in [0.2, 0.25) is 15.1 Å². The van der Waals surface area contributed by atoms with Crippen LogP contribution in [0.4, 0.5) is 0 Å². The number of halogens is 4. The third-order valence-corrected chi connectivity index (χ3v) is 5.12. The van der Waals surface area contributed by atoms with Gasteiger partial charge in [-0.15, -0.1) is 12.4 Å². The molecule has 0 saturated carbocycles. The maximum absolute atomic E-state index is 6.20. The van der Waals surface area contributed by atoms with Crippen molar-refractivity contribution in [2.24, 2.45) is 0 Å². The zero-order valence-electron chi connectivity index (χ0n) is 15.1. The van der Waals surface area contributed by atoms with Gasteiger partial charge < -0.3 is 10.1 Å². The summed E-state index contributed by atoms with van der Waals surface area (Å²) >= 11 is 18.3. The standard InChI is InChI=1S/C22H20Cl3NO.ClH/c23-19-9-8-17(22(25)13-19)10-11-26-14-16-4-3-6-20(12-16)27-15-18-5-1-2-7-21(18)24;/h1-9,12-13,26H,10-11,14-15H2;1H. The Morgan fingerprint density at radius 1 is 0.786 bits per heavy atom. The summed E-state index contributed by atoms with van der Waals surface area (Å²) < 4.78 is 5.87. The van der Waals surface area contributed by atoms with E-state index in [0.29, 0.717) is 16.7 Å². The number of nitrogens with one attached hydrogen (secondary N) is 1. The van der Waals surface area contributed by atoms with Crippen LogP contribution >= 0.6 is 47.2 Å². The van der Waals surface area contributed by atoms with E-state index in [9.17, 15) is 0 Å². The van der Waals surface area contributed by atoms with E-state index in [2.05, 4.69) is 11.4 Å². The summed E-state index contributed by atoms with van der Waals surface area (Å²) in [6, 6.07) is 21.4. The third-order valence-electron chi connectivity index (χ3n) is 4.17. The fourth-order valence-corrected chi connectivity index (χ4v) is 3.40. The molecule has 1 N–H and O–H groups in total. The molecular formula is C22H21Cl4NO. The zero-order valence-corrected chi connectivity index (χ0v) is 18.2. The Morgan fingerprint density at radius 3 is 2.39 bits per heavy atom. The van der Waals surface area contributed by atoms with Crippen molar-refractivity contribution in [2.45, 2.75) is 19.6 Å². The predicted molar refractivity (Wildman–Crippen MR) is 121 cm³/mol. The minimum Gasteiger partial charge on any atom is -0.489 e. The van der Waals surface area contributed by atoms with E-state index in [1.807, 2.05) is 54.6 Å². The Labute approximate surface area is 187 Å². The normalized spacial score (nSPS) is 10.4. The molecule has 0 aliphatic carbocycles. The lowest BCUT2D eigenvalue weighted by molar-refractivity contribution is 0.306. The topological polar surface area (TPSA) is 21.3 Å². The third kappa shape index (κ3) is 6.88. The Kier molecular flexibility index (Phi) is 9.43. The molecular weight excluding hydrogens is 436 g/mol. The Hall–Kier alpha value is -1.42. The van der Waals surface area contributed by atoms with Crippen LogP contribution in [0.5, 0.6) is 5.75 Å². The number of benzene rings is 3. The molecule has 0 saturated heterocycles. The number of hydrogen-bond donors (Lipinski definition) is 1. The second-order valence-electron chi connectivity index (χ2n) is 6.19. The first-order valence-corrected chi connectivity index (χ1v) is 9.85. The smallest absolute Gasteiger partial charge is 0.120 e. The van der Waals surface area contributed by atoms with E-state index in [0.717, 1.165) is 47.0 Å². The molecule has 0 amide bonds. The molecule has 0 aromatic heterocycles. The van der Waals surface area contributed by atoms with Gasteiger partial charge in [0.15, 0.2) is 0 Å². The highest BCUT2D eigenvalue weighted by molar-refractivity contribution is 6.35. The van der Waals surface area contributed by atoms with Gasteiger partial charge in [0.1, 0.15) is 12.4 Å². The highest BCUT2D eigenvalue weighted by Gasteiger charge is 2.03. The summed E-state index contributed by atoms with van der Waals surface area (Å²) in [5.41, 5.74) is 3.22. The molecule has 0 unspecified atom stereocenters. The van der Waals surface area contributed by atoms with Crippen molar-refractivity contribution < 1.29 is 4.74 Å². The van der Waals surface area contributed by atoms with E-state index in [4.69, 9.17) is 39.5 Å². The highest BCUT2D eigenvalue weighted by Crippen LogP contribution is 2.21. The molecule has 28 heavy (non-hydrogen) atoms. The van der Waals surface area contributed by atoms with Crippen molar-refractivity contribution >= 4 is 47.2 Å². The molecule has 3 rings (SSSR count). The van der Waals surface area contributed by atoms with Gasteiger partial charge in [0, 0.05) is 27.2 Å². The number of ether oxygens (including phenoxy) is 1. The Bertz CT molecular complexity index is 901. The summed E-state index contributed by atoms with van der Waals surface area (Å²) in [6.07, 6.45) is 0.846. The first-order valence-electron chi connectivity index (χ1n) is 8.71. The average molecular weight is 457 g/mol. The van der Waals surface area contributed by atoms with Gasteiger partial charge in [-0.05, 0) is 54.4 Å². The van der Waals surface area contributed by atoms with E-state index < -0.39 is 0 Å². The average Bonchev–Trinajstić information content (AvgIpc) is 2.66. The molecule has 0 aliphatic heterocycles. The zero-order chi connectivity index (χ0) is 19.1. The number of rotatable bonds is 8. The van der Waals surface area contributed by atoms with Crippen molar-refractivity contribution in [1.29, 1.82) is 0 Å². The largest absolute Gasteiger partial charge is 0.489 e. The number of hydrogen-bond acceptors (Lipinski definition) is 2. The van der Waals surface area contributed by atoms with Gasteiger partial charge in [0.2, 0.25) is 0 Å². The first-order chi connectivity index (χ1) is 13.1. The lowest BCUT2D eigenvalue weighted by Crippen LogP contribution is -2.16. The summed E-state index contributed by atoms with van der Waals surface area (Å²) in [5.74, 6) is 0.829. The van der Waals surface area contributed by atoms with E-state index in [1.54, 1.807) is 6.07 Å². The molecule has 0 radical (unpaired) electrons. The summed E-state index contributed by atoms with van der Waals surface area (Å²) in [4.78, 5) is 0. The minimum atomic E-state index is 0. The van der Waals surface area contributed by atoms with E-state index in [-0.39, 0.29) is 12.4 Å². The minimum absolute atomic E-state index is 0. The van der Waals surface area contributed by atoms with Crippen molar-refractivity contribution in [1.82, 2.24) is 5.32 Å². The quantitative estimate of drug-likeness (QED) is 0.369. The highest BCUT2D eigenvalue weighted by atomic mass is 35.5.